The number of rotatable bonds is 6. The average Bonchev–Trinajstić information content (AvgIpc) is 2.64. The quantitative estimate of drug-likeness (QED) is 0.661. The summed E-state index contributed by atoms with van der Waals surface area (Å²) in [5.74, 6) is 0.855. The van der Waals surface area contributed by atoms with E-state index in [1.165, 1.54) is 0 Å². The molecular formula is C21H20O5. The van der Waals surface area contributed by atoms with Crippen LogP contribution in [0, 0.1) is 0 Å². The average molecular weight is 352 g/mol. The van der Waals surface area contributed by atoms with Gasteiger partial charge in [0.15, 0.2) is 5.76 Å². The SMILES string of the molecule is C=C(C)CCOc1ccc2c(=O)c(O)c(-c3cccc(OC)c3)oc2c1. The van der Waals surface area contributed by atoms with Crippen LogP contribution in [0.5, 0.6) is 17.2 Å². The molecule has 0 aliphatic rings. The van der Waals surface area contributed by atoms with Crippen molar-refractivity contribution < 1.29 is 19.0 Å². The molecule has 0 amide bonds. The summed E-state index contributed by atoms with van der Waals surface area (Å²) >= 11 is 0. The predicted molar refractivity (Wildman–Crippen MR) is 101 cm³/mol. The molecule has 26 heavy (non-hydrogen) atoms. The van der Waals surface area contributed by atoms with Crippen molar-refractivity contribution >= 4 is 11.0 Å². The first-order valence-corrected chi connectivity index (χ1v) is 8.21. The van der Waals surface area contributed by atoms with Gasteiger partial charge in [0.05, 0.1) is 19.1 Å². The van der Waals surface area contributed by atoms with Crippen molar-refractivity contribution in [1.82, 2.24) is 0 Å². The third-order valence-corrected chi connectivity index (χ3v) is 3.97. The van der Waals surface area contributed by atoms with E-state index in [4.69, 9.17) is 13.9 Å². The number of hydrogen-bond donors (Lipinski definition) is 1. The van der Waals surface area contributed by atoms with E-state index in [0.717, 1.165) is 12.0 Å². The Morgan fingerprint density at radius 1 is 1.19 bits per heavy atom. The number of fused-ring (bicyclic) bond motifs is 1. The van der Waals surface area contributed by atoms with Gasteiger partial charge in [0, 0.05) is 18.1 Å². The van der Waals surface area contributed by atoms with Gasteiger partial charge in [-0.25, -0.2) is 0 Å². The van der Waals surface area contributed by atoms with Gasteiger partial charge in [-0.2, -0.15) is 0 Å². The molecule has 0 radical (unpaired) electrons. The summed E-state index contributed by atoms with van der Waals surface area (Å²) in [5.41, 5.74) is 1.44. The summed E-state index contributed by atoms with van der Waals surface area (Å²) in [6.45, 7) is 6.27. The van der Waals surface area contributed by atoms with Crippen LogP contribution in [0.4, 0.5) is 0 Å². The fourth-order valence-corrected chi connectivity index (χ4v) is 2.56. The second-order valence-corrected chi connectivity index (χ2v) is 6.05. The Balaban J connectivity index is 2.05. The number of ether oxygens (including phenoxy) is 2. The van der Waals surface area contributed by atoms with E-state index in [1.807, 2.05) is 6.92 Å². The number of aromatic hydroxyl groups is 1. The summed E-state index contributed by atoms with van der Waals surface area (Å²) in [4.78, 5) is 12.5. The lowest BCUT2D eigenvalue weighted by Gasteiger charge is -2.09. The van der Waals surface area contributed by atoms with E-state index < -0.39 is 11.2 Å². The molecule has 0 saturated heterocycles. The highest BCUT2D eigenvalue weighted by Crippen LogP contribution is 2.32. The van der Waals surface area contributed by atoms with Gasteiger partial charge in [-0.1, -0.05) is 17.7 Å². The Kier molecular flexibility index (Phi) is 4.98. The van der Waals surface area contributed by atoms with Crippen LogP contribution in [0.3, 0.4) is 0 Å². The number of hydrogen-bond acceptors (Lipinski definition) is 5. The van der Waals surface area contributed by atoms with Crippen LogP contribution in [0.15, 0.2) is 63.8 Å². The minimum Gasteiger partial charge on any atom is -0.502 e. The van der Waals surface area contributed by atoms with E-state index in [-0.39, 0.29) is 5.76 Å². The van der Waals surface area contributed by atoms with Gasteiger partial charge >= 0.3 is 0 Å². The lowest BCUT2D eigenvalue weighted by atomic mass is 10.1. The minimum absolute atomic E-state index is 0.0977. The lowest BCUT2D eigenvalue weighted by molar-refractivity contribution is 0.321. The Morgan fingerprint density at radius 3 is 2.73 bits per heavy atom. The molecule has 0 saturated carbocycles. The van der Waals surface area contributed by atoms with Crippen molar-refractivity contribution in [3.05, 3.63) is 64.8 Å². The summed E-state index contributed by atoms with van der Waals surface area (Å²) in [6, 6.07) is 11.9. The molecule has 0 atom stereocenters. The summed E-state index contributed by atoms with van der Waals surface area (Å²) < 4.78 is 16.7. The molecule has 0 spiro atoms. The Bertz CT molecular complexity index is 1020. The van der Waals surface area contributed by atoms with Gasteiger partial charge in [-0.15, -0.1) is 6.58 Å². The third kappa shape index (κ3) is 3.57. The zero-order valence-electron chi connectivity index (χ0n) is 14.7. The molecular weight excluding hydrogens is 332 g/mol. The zero-order valence-corrected chi connectivity index (χ0v) is 14.7. The first kappa shape index (κ1) is 17.6. The number of methoxy groups -OCH3 is 1. The van der Waals surface area contributed by atoms with Crippen LogP contribution in [0.25, 0.3) is 22.3 Å². The molecule has 0 aliphatic carbocycles. The molecule has 2 aromatic carbocycles. The monoisotopic (exact) mass is 352 g/mol. The van der Waals surface area contributed by atoms with Crippen molar-refractivity contribution in [2.24, 2.45) is 0 Å². The van der Waals surface area contributed by atoms with Crippen LogP contribution in [0.2, 0.25) is 0 Å². The van der Waals surface area contributed by atoms with Gasteiger partial charge in [-0.3, -0.25) is 4.79 Å². The molecule has 0 bridgehead atoms. The normalized spacial score (nSPS) is 10.7. The second kappa shape index (κ2) is 7.35. The molecule has 1 N–H and O–H groups in total. The van der Waals surface area contributed by atoms with Crippen molar-refractivity contribution in [3.63, 3.8) is 0 Å². The van der Waals surface area contributed by atoms with Crippen molar-refractivity contribution in [2.45, 2.75) is 13.3 Å². The van der Waals surface area contributed by atoms with Crippen LogP contribution >= 0.6 is 0 Å². The molecule has 134 valence electrons. The molecule has 0 aliphatic heterocycles. The van der Waals surface area contributed by atoms with Crippen LogP contribution in [0.1, 0.15) is 13.3 Å². The van der Waals surface area contributed by atoms with Crippen LogP contribution in [-0.4, -0.2) is 18.8 Å². The molecule has 5 nitrogen and oxygen atoms in total. The van der Waals surface area contributed by atoms with E-state index >= 15 is 0 Å². The van der Waals surface area contributed by atoms with E-state index in [1.54, 1.807) is 49.6 Å². The molecule has 3 rings (SSSR count). The third-order valence-electron chi connectivity index (χ3n) is 3.97. The molecule has 1 heterocycles. The van der Waals surface area contributed by atoms with Gasteiger partial charge in [0.2, 0.25) is 11.2 Å². The summed E-state index contributed by atoms with van der Waals surface area (Å²) in [7, 11) is 1.55. The fraction of sp³-hybridized carbons (Fsp3) is 0.190. The summed E-state index contributed by atoms with van der Waals surface area (Å²) in [5, 5.41) is 10.6. The summed E-state index contributed by atoms with van der Waals surface area (Å²) in [6.07, 6.45) is 0.743. The van der Waals surface area contributed by atoms with Crippen LogP contribution in [-0.2, 0) is 0 Å². The van der Waals surface area contributed by atoms with Gasteiger partial charge in [0.1, 0.15) is 17.1 Å². The molecule has 1 aromatic heterocycles. The highest BCUT2D eigenvalue weighted by atomic mass is 16.5. The zero-order chi connectivity index (χ0) is 18.7. The highest BCUT2D eigenvalue weighted by Gasteiger charge is 2.16. The van der Waals surface area contributed by atoms with Gasteiger partial charge in [0.25, 0.3) is 0 Å². The topological polar surface area (TPSA) is 68.9 Å². The predicted octanol–water partition coefficient (Wildman–Crippen LogP) is 4.52. The smallest absolute Gasteiger partial charge is 0.235 e. The maximum atomic E-state index is 12.5. The maximum absolute atomic E-state index is 12.5. The van der Waals surface area contributed by atoms with Crippen molar-refractivity contribution in [3.8, 4) is 28.6 Å². The van der Waals surface area contributed by atoms with Crippen molar-refractivity contribution in [2.75, 3.05) is 13.7 Å². The van der Waals surface area contributed by atoms with Gasteiger partial charge < -0.3 is 19.0 Å². The van der Waals surface area contributed by atoms with E-state index in [9.17, 15) is 9.90 Å². The molecule has 3 aromatic rings. The van der Waals surface area contributed by atoms with E-state index in [0.29, 0.717) is 34.6 Å². The first-order chi connectivity index (χ1) is 12.5. The van der Waals surface area contributed by atoms with Gasteiger partial charge in [-0.05, 0) is 31.2 Å². The Labute approximate surface area is 151 Å². The standard InChI is InChI=1S/C21H20O5/c1-13(2)9-10-25-16-7-8-17-18(12-16)26-21(20(23)19(17)22)14-5-4-6-15(11-14)24-3/h4-8,11-12,23H,1,9-10H2,2-3H3. The van der Waals surface area contributed by atoms with Crippen molar-refractivity contribution in [1.29, 1.82) is 0 Å². The van der Waals surface area contributed by atoms with Crippen LogP contribution < -0.4 is 14.9 Å². The Morgan fingerprint density at radius 2 is 2.00 bits per heavy atom. The molecule has 0 unspecified atom stereocenters. The first-order valence-electron chi connectivity index (χ1n) is 8.21. The Hall–Kier alpha value is -3.21. The molecule has 0 fully saturated rings. The van der Waals surface area contributed by atoms with E-state index in [2.05, 4.69) is 6.58 Å². The highest BCUT2D eigenvalue weighted by molar-refractivity contribution is 5.83. The molecule has 5 heteroatoms. The number of benzene rings is 2. The minimum atomic E-state index is -0.488. The maximum Gasteiger partial charge on any atom is 0.235 e. The largest absolute Gasteiger partial charge is 0.502 e. The lowest BCUT2D eigenvalue weighted by Crippen LogP contribution is -2.03. The second-order valence-electron chi connectivity index (χ2n) is 6.05. The fourth-order valence-electron chi connectivity index (χ4n) is 2.56.